The molecule has 7 nitrogen and oxygen atoms in total. The van der Waals surface area contributed by atoms with Gasteiger partial charge in [0, 0.05) is 11.6 Å². The van der Waals surface area contributed by atoms with Gasteiger partial charge in [-0.3, -0.25) is 0 Å². The fourth-order valence-electron chi connectivity index (χ4n) is 1.77. The van der Waals surface area contributed by atoms with Crippen LogP contribution in [0.15, 0.2) is 36.4 Å². The summed E-state index contributed by atoms with van der Waals surface area (Å²) in [5, 5.41) is 2.96. The molecule has 0 radical (unpaired) electrons. The Hall–Kier alpha value is -2.67. The molecule has 1 aromatic heterocycles. The van der Waals surface area contributed by atoms with Gasteiger partial charge in [0.1, 0.15) is 17.7 Å². The van der Waals surface area contributed by atoms with Crippen LogP contribution >= 0.6 is 0 Å². The van der Waals surface area contributed by atoms with Crippen LogP contribution < -0.4 is 16.6 Å². The number of carbonyl (C=O) groups is 1. The van der Waals surface area contributed by atoms with Crippen LogP contribution in [0.4, 0.5) is 11.6 Å². The van der Waals surface area contributed by atoms with Crippen molar-refractivity contribution in [2.75, 3.05) is 17.9 Å². The van der Waals surface area contributed by atoms with E-state index < -0.39 is 6.04 Å². The number of hydrogen-bond donors (Lipinski definition) is 3. The molecular formula is C14H17N5O2. The van der Waals surface area contributed by atoms with Gasteiger partial charge in [-0.2, -0.15) is 0 Å². The molecule has 0 saturated carbocycles. The number of anilines is 2. The molecule has 1 atom stereocenters. The van der Waals surface area contributed by atoms with Gasteiger partial charge in [-0.05, 0) is 6.92 Å². The Bertz CT molecular complexity index is 618. The lowest BCUT2D eigenvalue weighted by Crippen LogP contribution is -2.27. The monoisotopic (exact) mass is 287 g/mol. The second-order valence-electron chi connectivity index (χ2n) is 4.36. The minimum atomic E-state index is -0.529. The van der Waals surface area contributed by atoms with Gasteiger partial charge in [0.05, 0.1) is 7.11 Å². The van der Waals surface area contributed by atoms with Crippen molar-refractivity contribution in [3.8, 4) is 11.4 Å². The van der Waals surface area contributed by atoms with Crippen molar-refractivity contribution in [1.82, 2.24) is 9.97 Å². The molecule has 1 unspecified atom stereocenters. The number of aromatic nitrogens is 2. The summed E-state index contributed by atoms with van der Waals surface area (Å²) < 4.78 is 4.67. The summed E-state index contributed by atoms with van der Waals surface area (Å²) >= 11 is 0. The summed E-state index contributed by atoms with van der Waals surface area (Å²) in [7, 11) is 1.34. The third-order valence-electron chi connectivity index (χ3n) is 2.83. The highest BCUT2D eigenvalue weighted by Gasteiger charge is 2.14. The molecule has 2 rings (SSSR count). The molecule has 4 N–H and O–H groups in total. The third-order valence-corrected chi connectivity index (χ3v) is 2.83. The maximum absolute atomic E-state index is 11.5. The zero-order chi connectivity index (χ0) is 15.2. The number of hydrazine groups is 1. The summed E-state index contributed by atoms with van der Waals surface area (Å²) in [5.74, 6) is 6.48. The summed E-state index contributed by atoms with van der Waals surface area (Å²) in [6.45, 7) is 1.69. The Kier molecular flexibility index (Phi) is 4.68. The molecule has 0 fully saturated rings. The molecule has 0 amide bonds. The largest absolute Gasteiger partial charge is 0.467 e. The lowest BCUT2D eigenvalue weighted by Gasteiger charge is -2.14. The van der Waals surface area contributed by atoms with Crippen LogP contribution in [0.1, 0.15) is 6.92 Å². The third kappa shape index (κ3) is 3.67. The number of benzene rings is 1. The molecule has 2 aromatic rings. The highest BCUT2D eigenvalue weighted by molar-refractivity contribution is 5.78. The zero-order valence-electron chi connectivity index (χ0n) is 11.8. The van der Waals surface area contributed by atoms with Crippen LogP contribution in [0.3, 0.4) is 0 Å². The second-order valence-corrected chi connectivity index (χ2v) is 4.36. The molecule has 7 heteroatoms. The number of nitrogens with zero attached hydrogens (tertiary/aromatic N) is 2. The summed E-state index contributed by atoms with van der Waals surface area (Å²) in [6, 6.07) is 10.6. The van der Waals surface area contributed by atoms with Gasteiger partial charge in [0.25, 0.3) is 0 Å². The number of hydrogen-bond acceptors (Lipinski definition) is 7. The lowest BCUT2D eigenvalue weighted by molar-refractivity contribution is -0.141. The number of ether oxygens (including phenoxy) is 1. The summed E-state index contributed by atoms with van der Waals surface area (Å²) in [5.41, 5.74) is 3.34. The van der Waals surface area contributed by atoms with Crippen molar-refractivity contribution in [1.29, 1.82) is 0 Å². The Labute approximate surface area is 122 Å². The predicted molar refractivity (Wildman–Crippen MR) is 80.4 cm³/mol. The quantitative estimate of drug-likeness (QED) is 0.434. The molecule has 0 aliphatic heterocycles. The predicted octanol–water partition coefficient (Wildman–Crippen LogP) is 1.40. The molecule has 0 spiro atoms. The second kappa shape index (κ2) is 6.67. The Morgan fingerprint density at radius 1 is 1.24 bits per heavy atom. The summed E-state index contributed by atoms with van der Waals surface area (Å²) in [4.78, 5) is 20.1. The number of nitrogens with two attached hydrogens (primary N) is 1. The van der Waals surface area contributed by atoms with Gasteiger partial charge in [-0.15, -0.1) is 0 Å². The van der Waals surface area contributed by atoms with Crippen LogP contribution in [-0.4, -0.2) is 29.1 Å². The van der Waals surface area contributed by atoms with E-state index in [1.54, 1.807) is 13.0 Å². The first-order chi connectivity index (χ1) is 10.1. The Morgan fingerprint density at radius 3 is 2.52 bits per heavy atom. The first-order valence-electron chi connectivity index (χ1n) is 6.39. The van der Waals surface area contributed by atoms with E-state index in [0.717, 1.165) is 5.56 Å². The van der Waals surface area contributed by atoms with E-state index in [9.17, 15) is 4.79 Å². The zero-order valence-corrected chi connectivity index (χ0v) is 11.8. The minimum absolute atomic E-state index is 0.378. The van der Waals surface area contributed by atoms with Crippen LogP contribution in [-0.2, 0) is 9.53 Å². The van der Waals surface area contributed by atoms with E-state index in [4.69, 9.17) is 5.84 Å². The van der Waals surface area contributed by atoms with Crippen molar-refractivity contribution < 1.29 is 9.53 Å². The van der Waals surface area contributed by atoms with E-state index in [0.29, 0.717) is 17.5 Å². The molecular weight excluding hydrogens is 270 g/mol. The highest BCUT2D eigenvalue weighted by Crippen LogP contribution is 2.20. The Morgan fingerprint density at radius 2 is 1.90 bits per heavy atom. The van der Waals surface area contributed by atoms with E-state index in [2.05, 4.69) is 25.4 Å². The van der Waals surface area contributed by atoms with E-state index in [1.807, 2.05) is 30.3 Å². The van der Waals surface area contributed by atoms with Crippen molar-refractivity contribution >= 4 is 17.6 Å². The van der Waals surface area contributed by atoms with Crippen LogP contribution in [0, 0.1) is 0 Å². The minimum Gasteiger partial charge on any atom is -0.467 e. The van der Waals surface area contributed by atoms with Crippen molar-refractivity contribution in [3.63, 3.8) is 0 Å². The summed E-state index contributed by atoms with van der Waals surface area (Å²) in [6.07, 6.45) is 0. The average molecular weight is 287 g/mol. The van der Waals surface area contributed by atoms with Gasteiger partial charge < -0.3 is 15.5 Å². The van der Waals surface area contributed by atoms with Crippen molar-refractivity contribution in [2.24, 2.45) is 5.84 Å². The molecule has 1 aromatic carbocycles. The Balaban J connectivity index is 2.32. The molecule has 0 bridgehead atoms. The topological polar surface area (TPSA) is 102 Å². The normalized spacial score (nSPS) is 11.6. The standard InChI is InChI=1S/C14H17N5O2/c1-9(14(20)21-2)16-11-8-12(19-15)18-13(17-11)10-6-4-3-5-7-10/h3-9H,15H2,1-2H3,(H2,16,17,18,19). The van der Waals surface area contributed by atoms with Gasteiger partial charge >= 0.3 is 5.97 Å². The first kappa shape index (κ1) is 14.7. The number of nitrogens with one attached hydrogen (secondary N) is 2. The van der Waals surface area contributed by atoms with Gasteiger partial charge in [-0.1, -0.05) is 30.3 Å². The fourth-order valence-corrected chi connectivity index (χ4v) is 1.77. The number of esters is 1. The van der Waals surface area contributed by atoms with Crippen molar-refractivity contribution in [3.05, 3.63) is 36.4 Å². The van der Waals surface area contributed by atoms with E-state index >= 15 is 0 Å². The van der Waals surface area contributed by atoms with E-state index in [-0.39, 0.29) is 5.97 Å². The van der Waals surface area contributed by atoms with Crippen molar-refractivity contribution in [2.45, 2.75) is 13.0 Å². The highest BCUT2D eigenvalue weighted by atomic mass is 16.5. The van der Waals surface area contributed by atoms with E-state index in [1.165, 1.54) is 7.11 Å². The number of methoxy groups -OCH3 is 1. The molecule has 0 saturated heterocycles. The number of nitrogen functional groups attached to an aromatic ring is 1. The molecule has 0 aliphatic carbocycles. The maximum atomic E-state index is 11.5. The van der Waals surface area contributed by atoms with Crippen LogP contribution in [0.5, 0.6) is 0 Å². The SMILES string of the molecule is COC(=O)C(C)Nc1cc(NN)nc(-c2ccccc2)n1. The van der Waals surface area contributed by atoms with Gasteiger partial charge in [0.2, 0.25) is 0 Å². The van der Waals surface area contributed by atoms with Gasteiger partial charge in [-0.25, -0.2) is 20.6 Å². The van der Waals surface area contributed by atoms with Gasteiger partial charge in [0.15, 0.2) is 5.82 Å². The fraction of sp³-hybridized carbons (Fsp3) is 0.214. The van der Waals surface area contributed by atoms with Crippen LogP contribution in [0.25, 0.3) is 11.4 Å². The van der Waals surface area contributed by atoms with Crippen LogP contribution in [0.2, 0.25) is 0 Å². The molecule has 110 valence electrons. The smallest absolute Gasteiger partial charge is 0.328 e. The maximum Gasteiger partial charge on any atom is 0.328 e. The first-order valence-corrected chi connectivity index (χ1v) is 6.39. The average Bonchev–Trinajstić information content (AvgIpc) is 2.54. The molecule has 21 heavy (non-hydrogen) atoms. The molecule has 0 aliphatic rings. The number of rotatable bonds is 5. The number of carbonyl (C=O) groups excluding carboxylic acids is 1. The molecule has 1 heterocycles. The lowest BCUT2D eigenvalue weighted by atomic mass is 10.2.